The molecular formula is C4H4O4. The van der Waals surface area contributed by atoms with Crippen molar-refractivity contribution < 1.29 is 19.8 Å². The molecule has 0 spiro atoms. The fraction of sp³-hybridized carbons (Fsp3) is 0. The van der Waals surface area contributed by atoms with Crippen molar-refractivity contribution in [1.29, 1.82) is 0 Å². The number of aliphatic hydroxyl groups excluding tert-OH is 1. The number of allylic oxidation sites excluding steroid dienone is 1. The molecule has 0 bridgehead atoms. The van der Waals surface area contributed by atoms with Gasteiger partial charge in [0.1, 0.15) is 0 Å². The van der Waals surface area contributed by atoms with Crippen LogP contribution in [0.1, 0.15) is 0 Å². The van der Waals surface area contributed by atoms with Crippen molar-refractivity contribution in [2.75, 3.05) is 0 Å². The molecule has 0 saturated carbocycles. The molecule has 0 heterocycles. The second-order valence-corrected chi connectivity index (χ2v) is 1.03. The molecule has 4 nitrogen and oxygen atoms in total. The quantitative estimate of drug-likeness (QED) is 0.295. The van der Waals surface area contributed by atoms with Gasteiger partial charge in [0, 0.05) is 0 Å². The Labute approximate surface area is 45.1 Å². The molecule has 0 aromatic rings. The molecular weight excluding hydrogens is 112 g/mol. The summed E-state index contributed by atoms with van der Waals surface area (Å²) in [6.07, 6.45) is 0.459. The molecule has 0 unspecified atom stereocenters. The molecule has 0 rings (SSSR count). The van der Waals surface area contributed by atoms with Crippen LogP contribution in [0.5, 0.6) is 0 Å². The normalized spacial score (nSPS) is 10.8. The predicted molar refractivity (Wildman–Crippen MR) is 24.4 cm³/mol. The first-order valence-electron chi connectivity index (χ1n) is 1.75. The fourth-order valence-electron chi connectivity index (χ4n) is 0.161. The molecule has 44 valence electrons. The smallest absolute Gasteiger partial charge is 0.332 e. The van der Waals surface area contributed by atoms with Gasteiger partial charge in [0.15, 0.2) is 12.0 Å². The molecule has 0 atom stereocenters. The van der Waals surface area contributed by atoms with Gasteiger partial charge < -0.3 is 10.2 Å². The van der Waals surface area contributed by atoms with Crippen molar-refractivity contribution in [3.8, 4) is 0 Å². The van der Waals surface area contributed by atoms with E-state index in [-0.39, 0.29) is 6.29 Å². The van der Waals surface area contributed by atoms with E-state index >= 15 is 0 Å². The van der Waals surface area contributed by atoms with Crippen LogP contribution in [0.3, 0.4) is 0 Å². The molecule has 0 radical (unpaired) electrons. The monoisotopic (exact) mass is 116 g/mol. The summed E-state index contributed by atoms with van der Waals surface area (Å²) in [7, 11) is 0. The van der Waals surface area contributed by atoms with E-state index in [9.17, 15) is 9.59 Å². The Balaban J connectivity index is 3.94. The largest absolute Gasteiger partial charge is 0.504 e. The zero-order valence-electron chi connectivity index (χ0n) is 3.87. The molecule has 2 N–H and O–H groups in total. The van der Waals surface area contributed by atoms with Gasteiger partial charge in [-0.25, -0.2) is 4.79 Å². The number of hydrogen-bond donors (Lipinski definition) is 2. The first-order valence-corrected chi connectivity index (χ1v) is 1.75. The predicted octanol–water partition coefficient (Wildman–Crippen LogP) is -0.288. The minimum atomic E-state index is -1.34. The van der Waals surface area contributed by atoms with Gasteiger partial charge in [-0.05, 0) is 0 Å². The van der Waals surface area contributed by atoms with Gasteiger partial charge in [0.05, 0.1) is 6.08 Å². The third-order valence-electron chi connectivity index (χ3n) is 0.392. The summed E-state index contributed by atoms with van der Waals surface area (Å²) < 4.78 is 0. The minimum Gasteiger partial charge on any atom is -0.504 e. The van der Waals surface area contributed by atoms with Gasteiger partial charge in [-0.3, -0.25) is 4.79 Å². The van der Waals surface area contributed by atoms with Crippen LogP contribution in [-0.4, -0.2) is 22.5 Å². The first kappa shape index (κ1) is 6.68. The Hall–Kier alpha value is -1.32. The maximum absolute atomic E-state index is 9.57. The number of carbonyl (C=O) groups is 2. The van der Waals surface area contributed by atoms with Crippen molar-refractivity contribution >= 4 is 12.3 Å². The lowest BCUT2D eigenvalue weighted by Gasteiger charge is -1.79. The zero-order valence-corrected chi connectivity index (χ0v) is 3.87. The van der Waals surface area contributed by atoms with E-state index in [1.54, 1.807) is 0 Å². The molecule has 0 aliphatic carbocycles. The van der Waals surface area contributed by atoms with E-state index in [0.29, 0.717) is 6.08 Å². The minimum absolute atomic E-state index is 0.0497. The van der Waals surface area contributed by atoms with Gasteiger partial charge in [-0.2, -0.15) is 0 Å². The van der Waals surface area contributed by atoms with E-state index in [4.69, 9.17) is 10.2 Å². The van der Waals surface area contributed by atoms with E-state index in [2.05, 4.69) is 0 Å². The van der Waals surface area contributed by atoms with Crippen LogP contribution < -0.4 is 0 Å². The van der Waals surface area contributed by atoms with E-state index in [1.165, 1.54) is 0 Å². The standard InChI is InChI=1S/C4H4O4/c5-2-3(6)1-4(7)8/h1-2,6H,(H,7,8)/b3-1+. The highest BCUT2D eigenvalue weighted by Crippen LogP contribution is 1.78. The van der Waals surface area contributed by atoms with Crippen molar-refractivity contribution in [3.63, 3.8) is 0 Å². The number of carbonyl (C=O) groups excluding carboxylic acids is 1. The lowest BCUT2D eigenvalue weighted by Crippen LogP contribution is -1.91. The van der Waals surface area contributed by atoms with E-state index < -0.39 is 11.7 Å². The van der Waals surface area contributed by atoms with Gasteiger partial charge in [0.2, 0.25) is 0 Å². The van der Waals surface area contributed by atoms with E-state index in [1.807, 2.05) is 0 Å². The summed E-state index contributed by atoms with van der Waals surface area (Å²) in [4.78, 5) is 19.0. The van der Waals surface area contributed by atoms with Crippen LogP contribution in [0, 0.1) is 0 Å². The Morgan fingerprint density at radius 3 is 2.00 bits per heavy atom. The second kappa shape index (κ2) is 2.79. The van der Waals surface area contributed by atoms with Gasteiger partial charge in [-0.15, -0.1) is 0 Å². The highest BCUT2D eigenvalue weighted by Gasteiger charge is 1.91. The fourth-order valence-corrected chi connectivity index (χ4v) is 0.161. The Morgan fingerprint density at radius 1 is 1.38 bits per heavy atom. The third-order valence-corrected chi connectivity index (χ3v) is 0.392. The summed E-state index contributed by atoms with van der Waals surface area (Å²) >= 11 is 0. The molecule has 0 aliphatic rings. The number of carboxylic acid groups (broad SMARTS) is 1. The van der Waals surface area contributed by atoms with Crippen molar-refractivity contribution in [2.24, 2.45) is 0 Å². The SMILES string of the molecule is O=C/C(O)=C\C(=O)O. The molecule has 0 amide bonds. The van der Waals surface area contributed by atoms with E-state index in [0.717, 1.165) is 0 Å². The Kier molecular flexibility index (Phi) is 2.33. The Bertz CT molecular complexity index is 135. The van der Waals surface area contributed by atoms with Crippen molar-refractivity contribution in [2.45, 2.75) is 0 Å². The van der Waals surface area contributed by atoms with Crippen LogP contribution in [-0.2, 0) is 9.59 Å². The van der Waals surface area contributed by atoms with Crippen molar-refractivity contribution in [1.82, 2.24) is 0 Å². The van der Waals surface area contributed by atoms with Crippen LogP contribution in [0.25, 0.3) is 0 Å². The summed E-state index contributed by atoms with van der Waals surface area (Å²) in [5, 5.41) is 16.0. The number of hydrogen-bond acceptors (Lipinski definition) is 3. The van der Waals surface area contributed by atoms with Crippen LogP contribution in [0.15, 0.2) is 11.8 Å². The number of rotatable bonds is 2. The topological polar surface area (TPSA) is 74.6 Å². The van der Waals surface area contributed by atoms with Crippen LogP contribution in [0.2, 0.25) is 0 Å². The Morgan fingerprint density at radius 2 is 1.88 bits per heavy atom. The molecule has 0 aliphatic heterocycles. The number of aliphatic hydroxyl groups is 1. The first-order chi connectivity index (χ1) is 3.66. The number of carboxylic acids is 1. The molecule has 0 saturated heterocycles. The molecule has 0 aromatic carbocycles. The maximum Gasteiger partial charge on any atom is 0.332 e. The lowest BCUT2D eigenvalue weighted by atomic mass is 10.5. The number of aliphatic carboxylic acids is 1. The average molecular weight is 116 g/mol. The molecule has 0 fully saturated rings. The van der Waals surface area contributed by atoms with Crippen LogP contribution >= 0.6 is 0 Å². The number of aldehydes is 1. The van der Waals surface area contributed by atoms with Crippen molar-refractivity contribution in [3.05, 3.63) is 11.8 Å². The zero-order chi connectivity index (χ0) is 6.57. The van der Waals surface area contributed by atoms with Gasteiger partial charge in [0.25, 0.3) is 0 Å². The highest BCUT2D eigenvalue weighted by atomic mass is 16.4. The summed E-state index contributed by atoms with van der Waals surface area (Å²) in [5.41, 5.74) is 0. The van der Waals surface area contributed by atoms with Gasteiger partial charge in [-0.1, -0.05) is 0 Å². The summed E-state index contributed by atoms with van der Waals surface area (Å²) in [5.74, 6) is -2.12. The average Bonchev–Trinajstić information content (AvgIpc) is 1.65. The maximum atomic E-state index is 9.57. The van der Waals surface area contributed by atoms with Gasteiger partial charge >= 0.3 is 5.97 Å². The summed E-state index contributed by atoms with van der Waals surface area (Å²) in [6, 6.07) is 0. The van der Waals surface area contributed by atoms with Crippen LogP contribution in [0.4, 0.5) is 0 Å². The molecule has 0 aromatic heterocycles. The summed E-state index contributed by atoms with van der Waals surface area (Å²) in [6.45, 7) is 0. The highest BCUT2D eigenvalue weighted by molar-refractivity contribution is 5.86. The lowest BCUT2D eigenvalue weighted by molar-refractivity contribution is -0.131. The second-order valence-electron chi connectivity index (χ2n) is 1.03. The molecule has 4 heteroatoms. The molecule has 8 heavy (non-hydrogen) atoms. The third kappa shape index (κ3) is 2.89.